The van der Waals surface area contributed by atoms with E-state index >= 15 is 0 Å². The molecule has 4 heteroatoms. The third kappa shape index (κ3) is 4.01. The second-order valence-electron chi connectivity index (χ2n) is 6.12. The lowest BCUT2D eigenvalue weighted by Gasteiger charge is -2.37. The molecule has 0 atom stereocenters. The number of nitrogens with zero attached hydrogens (tertiary/aromatic N) is 3. The van der Waals surface area contributed by atoms with Crippen LogP contribution in [0.2, 0.25) is 0 Å². The quantitative estimate of drug-likeness (QED) is 0.835. The molecular weight excluding hydrogens is 274 g/mol. The first-order chi connectivity index (χ1) is 10.5. The van der Waals surface area contributed by atoms with E-state index in [2.05, 4.69) is 41.8 Å². The van der Waals surface area contributed by atoms with Crippen molar-refractivity contribution in [2.75, 3.05) is 50.7 Å². The van der Waals surface area contributed by atoms with Crippen molar-refractivity contribution in [3.8, 4) is 0 Å². The second kappa shape index (κ2) is 7.63. The smallest absolute Gasteiger partial charge is 0.236 e. The summed E-state index contributed by atoms with van der Waals surface area (Å²) < 4.78 is 0. The van der Waals surface area contributed by atoms with Crippen molar-refractivity contribution in [1.82, 2.24) is 9.80 Å². The van der Waals surface area contributed by atoms with Crippen molar-refractivity contribution in [2.24, 2.45) is 0 Å². The van der Waals surface area contributed by atoms with Crippen molar-refractivity contribution in [2.45, 2.75) is 27.7 Å². The molecule has 0 unspecified atom stereocenters. The number of benzene rings is 1. The molecule has 1 heterocycles. The first kappa shape index (κ1) is 16.8. The standard InChI is InChI=1S/C18H29N3O/c1-5-20(6-2)18(22)14-19-9-11-21(12-10-19)17-13-15(3)7-8-16(17)4/h7-8,13H,5-6,9-12,14H2,1-4H3. The van der Waals surface area contributed by atoms with Crippen LogP contribution in [-0.4, -0.2) is 61.5 Å². The van der Waals surface area contributed by atoms with E-state index in [-0.39, 0.29) is 5.91 Å². The zero-order chi connectivity index (χ0) is 16.1. The predicted octanol–water partition coefficient (Wildman–Crippen LogP) is 2.29. The number of carbonyl (C=O) groups excluding carboxylic acids is 1. The molecule has 1 aliphatic heterocycles. The summed E-state index contributed by atoms with van der Waals surface area (Å²) in [6.07, 6.45) is 0. The first-order valence-electron chi connectivity index (χ1n) is 8.37. The van der Waals surface area contributed by atoms with Crippen LogP contribution in [0, 0.1) is 13.8 Å². The molecule has 1 fully saturated rings. The van der Waals surface area contributed by atoms with Crippen LogP contribution in [0.5, 0.6) is 0 Å². The highest BCUT2D eigenvalue weighted by Gasteiger charge is 2.21. The third-order valence-electron chi connectivity index (χ3n) is 4.55. The Kier molecular flexibility index (Phi) is 5.83. The Morgan fingerprint density at radius 3 is 2.32 bits per heavy atom. The van der Waals surface area contributed by atoms with Gasteiger partial charge in [-0.05, 0) is 44.9 Å². The monoisotopic (exact) mass is 303 g/mol. The van der Waals surface area contributed by atoms with Gasteiger partial charge in [0.15, 0.2) is 0 Å². The molecule has 1 amide bonds. The van der Waals surface area contributed by atoms with Crippen molar-refractivity contribution < 1.29 is 4.79 Å². The van der Waals surface area contributed by atoms with Gasteiger partial charge in [-0.1, -0.05) is 12.1 Å². The summed E-state index contributed by atoms with van der Waals surface area (Å²) in [4.78, 5) is 18.8. The van der Waals surface area contributed by atoms with Crippen LogP contribution in [0.25, 0.3) is 0 Å². The molecule has 122 valence electrons. The highest BCUT2D eigenvalue weighted by atomic mass is 16.2. The molecule has 22 heavy (non-hydrogen) atoms. The third-order valence-corrected chi connectivity index (χ3v) is 4.55. The molecule has 0 aliphatic carbocycles. The van der Waals surface area contributed by atoms with Crippen LogP contribution >= 0.6 is 0 Å². The molecule has 1 aliphatic rings. The van der Waals surface area contributed by atoms with Gasteiger partial charge in [-0.15, -0.1) is 0 Å². The van der Waals surface area contributed by atoms with Gasteiger partial charge in [-0.2, -0.15) is 0 Å². The van der Waals surface area contributed by atoms with Gasteiger partial charge in [0.1, 0.15) is 0 Å². The van der Waals surface area contributed by atoms with Gasteiger partial charge in [0.25, 0.3) is 0 Å². The number of carbonyl (C=O) groups is 1. The number of piperazine rings is 1. The van der Waals surface area contributed by atoms with Gasteiger partial charge in [-0.25, -0.2) is 0 Å². The minimum atomic E-state index is 0.255. The van der Waals surface area contributed by atoms with E-state index in [0.29, 0.717) is 6.54 Å². The molecular formula is C18H29N3O. The minimum Gasteiger partial charge on any atom is -0.369 e. The number of likely N-dealkylation sites (N-methyl/N-ethyl adjacent to an activating group) is 1. The zero-order valence-corrected chi connectivity index (χ0v) is 14.4. The molecule has 0 saturated carbocycles. The number of anilines is 1. The molecule has 0 N–H and O–H groups in total. The number of aryl methyl sites for hydroxylation is 2. The van der Waals surface area contributed by atoms with E-state index in [1.54, 1.807) is 0 Å². The Morgan fingerprint density at radius 2 is 1.73 bits per heavy atom. The van der Waals surface area contributed by atoms with Crippen LogP contribution in [0.3, 0.4) is 0 Å². The molecule has 0 aromatic heterocycles. The average Bonchev–Trinajstić information content (AvgIpc) is 2.52. The van der Waals surface area contributed by atoms with Gasteiger partial charge < -0.3 is 9.80 Å². The number of amides is 1. The lowest BCUT2D eigenvalue weighted by Crippen LogP contribution is -2.50. The summed E-state index contributed by atoms with van der Waals surface area (Å²) in [7, 11) is 0. The maximum atomic E-state index is 12.2. The van der Waals surface area contributed by atoms with E-state index in [9.17, 15) is 4.79 Å². The number of hydrogen-bond acceptors (Lipinski definition) is 3. The van der Waals surface area contributed by atoms with Gasteiger partial charge >= 0.3 is 0 Å². The number of hydrogen-bond donors (Lipinski definition) is 0. The first-order valence-corrected chi connectivity index (χ1v) is 8.37. The maximum absolute atomic E-state index is 12.2. The summed E-state index contributed by atoms with van der Waals surface area (Å²) in [5.74, 6) is 0.255. The van der Waals surface area contributed by atoms with E-state index < -0.39 is 0 Å². The molecule has 4 nitrogen and oxygen atoms in total. The van der Waals surface area contributed by atoms with Gasteiger partial charge in [0, 0.05) is 45.0 Å². The Morgan fingerprint density at radius 1 is 1.09 bits per heavy atom. The summed E-state index contributed by atoms with van der Waals surface area (Å²) in [5.41, 5.74) is 3.98. The van der Waals surface area contributed by atoms with Crippen LogP contribution < -0.4 is 4.90 Å². The van der Waals surface area contributed by atoms with Crippen molar-refractivity contribution in [3.63, 3.8) is 0 Å². The summed E-state index contributed by atoms with van der Waals surface area (Å²) >= 11 is 0. The Labute approximate surface area is 134 Å². The van der Waals surface area contributed by atoms with Crippen molar-refractivity contribution in [3.05, 3.63) is 29.3 Å². The summed E-state index contributed by atoms with van der Waals surface area (Å²) in [6.45, 7) is 14.5. The zero-order valence-electron chi connectivity index (χ0n) is 14.4. The molecule has 0 radical (unpaired) electrons. The Bertz CT molecular complexity index is 503. The highest BCUT2D eigenvalue weighted by Crippen LogP contribution is 2.22. The highest BCUT2D eigenvalue weighted by molar-refractivity contribution is 5.78. The lowest BCUT2D eigenvalue weighted by atomic mass is 10.1. The fourth-order valence-corrected chi connectivity index (χ4v) is 3.07. The average molecular weight is 303 g/mol. The summed E-state index contributed by atoms with van der Waals surface area (Å²) in [6, 6.07) is 6.63. The minimum absolute atomic E-state index is 0.255. The largest absolute Gasteiger partial charge is 0.369 e. The predicted molar refractivity (Wildman–Crippen MR) is 92.5 cm³/mol. The molecule has 1 aromatic carbocycles. The van der Waals surface area contributed by atoms with Crippen molar-refractivity contribution in [1.29, 1.82) is 0 Å². The molecule has 1 saturated heterocycles. The van der Waals surface area contributed by atoms with Crippen LogP contribution in [0.4, 0.5) is 5.69 Å². The van der Waals surface area contributed by atoms with E-state index in [0.717, 1.165) is 39.3 Å². The van der Waals surface area contributed by atoms with Crippen LogP contribution in [0.1, 0.15) is 25.0 Å². The topological polar surface area (TPSA) is 26.8 Å². The second-order valence-corrected chi connectivity index (χ2v) is 6.12. The fraction of sp³-hybridized carbons (Fsp3) is 0.611. The normalized spacial score (nSPS) is 15.9. The van der Waals surface area contributed by atoms with Gasteiger partial charge in [0.05, 0.1) is 6.54 Å². The molecule has 0 bridgehead atoms. The number of rotatable bonds is 5. The van der Waals surface area contributed by atoms with Gasteiger partial charge in [-0.3, -0.25) is 9.69 Å². The van der Waals surface area contributed by atoms with Crippen LogP contribution in [-0.2, 0) is 4.79 Å². The van der Waals surface area contributed by atoms with E-state index in [4.69, 9.17) is 0 Å². The van der Waals surface area contributed by atoms with E-state index in [1.807, 2.05) is 18.7 Å². The van der Waals surface area contributed by atoms with Gasteiger partial charge in [0.2, 0.25) is 5.91 Å². The molecule has 2 rings (SSSR count). The lowest BCUT2D eigenvalue weighted by molar-refractivity contribution is -0.132. The SMILES string of the molecule is CCN(CC)C(=O)CN1CCN(c2cc(C)ccc2C)CC1. The Hall–Kier alpha value is -1.55. The fourth-order valence-electron chi connectivity index (χ4n) is 3.07. The summed E-state index contributed by atoms with van der Waals surface area (Å²) in [5, 5.41) is 0. The van der Waals surface area contributed by atoms with E-state index in [1.165, 1.54) is 16.8 Å². The Balaban J connectivity index is 1.90. The molecule has 0 spiro atoms. The van der Waals surface area contributed by atoms with Crippen molar-refractivity contribution >= 4 is 11.6 Å². The maximum Gasteiger partial charge on any atom is 0.236 e. The van der Waals surface area contributed by atoms with Crippen LogP contribution in [0.15, 0.2) is 18.2 Å². The molecule has 1 aromatic rings.